The molecule has 0 heterocycles. The molecule has 0 aliphatic rings. The SMILES string of the molecule is CCCCOC(=O)[C@@H](N)COc1cccc(C[C@H](NC(=O)OCc2ccccc2)C(=O)OCC[Si](C)(C)C)c1. The number of ether oxygens (including phenoxy) is 4. The van der Waals surface area contributed by atoms with Gasteiger partial charge in [-0.05, 0) is 35.7 Å². The molecule has 0 unspecified atom stereocenters. The van der Waals surface area contributed by atoms with Gasteiger partial charge >= 0.3 is 18.0 Å². The molecule has 10 heteroatoms. The van der Waals surface area contributed by atoms with Gasteiger partial charge in [-0.3, -0.25) is 4.79 Å². The Labute approximate surface area is 232 Å². The zero-order valence-corrected chi connectivity index (χ0v) is 24.4. The summed E-state index contributed by atoms with van der Waals surface area (Å²) in [5, 5.41) is 2.65. The minimum Gasteiger partial charge on any atom is -0.491 e. The predicted octanol–water partition coefficient (Wildman–Crippen LogP) is 4.45. The van der Waals surface area contributed by atoms with Crippen LogP contribution in [0.5, 0.6) is 5.75 Å². The number of benzene rings is 2. The maximum absolute atomic E-state index is 12.9. The molecule has 0 bridgehead atoms. The van der Waals surface area contributed by atoms with Crippen molar-refractivity contribution in [3.8, 4) is 5.75 Å². The summed E-state index contributed by atoms with van der Waals surface area (Å²) in [6.07, 6.45) is 1.13. The van der Waals surface area contributed by atoms with Crippen molar-refractivity contribution in [3.63, 3.8) is 0 Å². The van der Waals surface area contributed by atoms with Gasteiger partial charge in [0.15, 0.2) is 0 Å². The molecule has 0 aliphatic carbocycles. The van der Waals surface area contributed by atoms with Crippen molar-refractivity contribution in [2.45, 2.75) is 70.6 Å². The molecule has 2 atom stereocenters. The van der Waals surface area contributed by atoms with Gasteiger partial charge in [0.1, 0.15) is 31.0 Å². The highest BCUT2D eigenvalue weighted by Gasteiger charge is 2.25. The van der Waals surface area contributed by atoms with E-state index in [2.05, 4.69) is 25.0 Å². The Balaban J connectivity index is 2.01. The van der Waals surface area contributed by atoms with Gasteiger partial charge in [0.05, 0.1) is 13.2 Å². The fraction of sp³-hybridized carbons (Fsp3) is 0.483. The van der Waals surface area contributed by atoms with E-state index in [4.69, 9.17) is 24.7 Å². The third-order valence-corrected chi connectivity index (χ3v) is 7.40. The number of esters is 2. The Hall–Kier alpha value is -3.37. The van der Waals surface area contributed by atoms with E-state index in [-0.39, 0.29) is 19.6 Å². The summed E-state index contributed by atoms with van der Waals surface area (Å²) in [6, 6.07) is 15.2. The van der Waals surface area contributed by atoms with Crippen molar-refractivity contribution in [2.24, 2.45) is 5.73 Å². The van der Waals surface area contributed by atoms with E-state index in [0.29, 0.717) is 19.0 Å². The van der Waals surface area contributed by atoms with Crippen LogP contribution in [-0.2, 0) is 36.8 Å². The molecule has 0 saturated heterocycles. The zero-order valence-electron chi connectivity index (χ0n) is 23.4. The van der Waals surface area contributed by atoms with Crippen LogP contribution in [-0.4, -0.2) is 58.0 Å². The number of amides is 1. The molecule has 2 aromatic carbocycles. The van der Waals surface area contributed by atoms with E-state index in [1.54, 1.807) is 18.2 Å². The number of rotatable bonds is 16. The van der Waals surface area contributed by atoms with Crippen molar-refractivity contribution in [2.75, 3.05) is 19.8 Å². The molecule has 1 amide bonds. The maximum atomic E-state index is 12.9. The van der Waals surface area contributed by atoms with Gasteiger partial charge in [-0.2, -0.15) is 0 Å². The highest BCUT2D eigenvalue weighted by molar-refractivity contribution is 6.76. The van der Waals surface area contributed by atoms with Crippen LogP contribution in [0.15, 0.2) is 54.6 Å². The molecule has 39 heavy (non-hydrogen) atoms. The van der Waals surface area contributed by atoms with Crippen LogP contribution in [0.4, 0.5) is 4.79 Å². The summed E-state index contributed by atoms with van der Waals surface area (Å²) in [7, 11) is -1.41. The van der Waals surface area contributed by atoms with Crippen LogP contribution in [0.2, 0.25) is 25.7 Å². The molecule has 214 valence electrons. The average molecular weight is 559 g/mol. The summed E-state index contributed by atoms with van der Waals surface area (Å²) in [5.41, 5.74) is 7.45. The van der Waals surface area contributed by atoms with E-state index in [1.807, 2.05) is 43.3 Å². The molecule has 9 nitrogen and oxygen atoms in total. The van der Waals surface area contributed by atoms with Crippen LogP contribution < -0.4 is 15.8 Å². The van der Waals surface area contributed by atoms with Crippen molar-refractivity contribution < 1.29 is 33.3 Å². The minimum atomic E-state index is -1.41. The summed E-state index contributed by atoms with van der Waals surface area (Å²) >= 11 is 0. The van der Waals surface area contributed by atoms with Crippen LogP contribution in [0.1, 0.15) is 30.9 Å². The third kappa shape index (κ3) is 13.3. The number of nitrogens with two attached hydrogens (primary N) is 1. The fourth-order valence-corrected chi connectivity index (χ4v) is 4.05. The van der Waals surface area contributed by atoms with Gasteiger partial charge in [0.2, 0.25) is 0 Å². The molecule has 3 N–H and O–H groups in total. The fourth-order valence-electron chi connectivity index (χ4n) is 3.33. The topological polar surface area (TPSA) is 126 Å². The smallest absolute Gasteiger partial charge is 0.408 e. The second-order valence-electron chi connectivity index (χ2n) is 10.5. The van der Waals surface area contributed by atoms with Crippen LogP contribution >= 0.6 is 0 Å². The first-order valence-electron chi connectivity index (χ1n) is 13.3. The largest absolute Gasteiger partial charge is 0.491 e. The number of hydrogen-bond acceptors (Lipinski definition) is 8. The van der Waals surface area contributed by atoms with E-state index < -0.39 is 38.2 Å². The van der Waals surface area contributed by atoms with Gasteiger partial charge in [0.25, 0.3) is 0 Å². The van der Waals surface area contributed by atoms with Crippen LogP contribution in [0.3, 0.4) is 0 Å². The van der Waals surface area contributed by atoms with E-state index in [1.165, 1.54) is 0 Å². The highest BCUT2D eigenvalue weighted by atomic mass is 28.3. The molecular formula is C29H42N2O7Si. The van der Waals surface area contributed by atoms with Gasteiger partial charge < -0.3 is 30.0 Å². The summed E-state index contributed by atoms with van der Waals surface area (Å²) in [4.78, 5) is 37.5. The van der Waals surface area contributed by atoms with Crippen molar-refractivity contribution >= 4 is 26.1 Å². The van der Waals surface area contributed by atoms with E-state index in [0.717, 1.165) is 30.0 Å². The standard InChI is InChI=1S/C29H42N2O7Si/c1-5-6-15-35-27(32)25(30)21-37-24-14-10-13-23(18-24)19-26(28(33)36-16-17-39(2,3)4)31-29(34)38-20-22-11-8-7-9-12-22/h7-14,18,25-26H,5-6,15-17,19-21,30H2,1-4H3,(H,31,34)/t25-,26-/m0/s1. The average Bonchev–Trinajstić information content (AvgIpc) is 2.90. The minimum absolute atomic E-state index is 0.0549. The number of unbranched alkanes of at least 4 members (excludes halogenated alkanes) is 1. The number of alkyl carbamates (subject to hydrolysis) is 1. The zero-order chi connectivity index (χ0) is 28.7. The van der Waals surface area contributed by atoms with E-state index >= 15 is 0 Å². The molecule has 0 spiro atoms. The van der Waals surface area contributed by atoms with Gasteiger partial charge in [0, 0.05) is 14.5 Å². The van der Waals surface area contributed by atoms with E-state index in [9.17, 15) is 14.4 Å². The Morgan fingerprint density at radius 3 is 2.28 bits per heavy atom. The third-order valence-electron chi connectivity index (χ3n) is 5.70. The molecule has 0 saturated carbocycles. The number of carbonyl (C=O) groups excluding carboxylic acids is 3. The normalized spacial score (nSPS) is 12.6. The highest BCUT2D eigenvalue weighted by Crippen LogP contribution is 2.16. The molecular weight excluding hydrogens is 516 g/mol. The quantitative estimate of drug-likeness (QED) is 0.134. The first kappa shape index (κ1) is 31.8. The molecule has 0 radical (unpaired) electrons. The Bertz CT molecular complexity index is 1040. The van der Waals surface area contributed by atoms with Gasteiger partial charge in [-0.1, -0.05) is 75.5 Å². The Kier molecular flexibility index (Phi) is 13.5. The second-order valence-corrected chi connectivity index (χ2v) is 16.1. The summed E-state index contributed by atoms with van der Waals surface area (Å²) < 4.78 is 21.7. The van der Waals surface area contributed by atoms with Crippen LogP contribution in [0, 0.1) is 0 Å². The Morgan fingerprint density at radius 1 is 0.897 bits per heavy atom. The summed E-state index contributed by atoms with van der Waals surface area (Å²) in [6.45, 7) is 9.23. The first-order valence-corrected chi connectivity index (χ1v) is 17.1. The molecule has 0 aromatic heterocycles. The van der Waals surface area contributed by atoms with Crippen LogP contribution in [0.25, 0.3) is 0 Å². The number of carbonyl (C=O) groups is 3. The predicted molar refractivity (Wildman–Crippen MR) is 152 cm³/mol. The van der Waals surface area contributed by atoms with Crippen molar-refractivity contribution in [3.05, 3.63) is 65.7 Å². The Morgan fingerprint density at radius 2 is 1.59 bits per heavy atom. The molecule has 2 aromatic rings. The van der Waals surface area contributed by atoms with Gasteiger partial charge in [-0.15, -0.1) is 0 Å². The maximum Gasteiger partial charge on any atom is 0.408 e. The lowest BCUT2D eigenvalue weighted by Crippen LogP contribution is -2.44. The number of hydrogen-bond donors (Lipinski definition) is 2. The molecule has 2 rings (SSSR count). The second kappa shape index (κ2) is 16.6. The lowest BCUT2D eigenvalue weighted by Gasteiger charge is -2.20. The van der Waals surface area contributed by atoms with Crippen molar-refractivity contribution in [1.29, 1.82) is 0 Å². The summed E-state index contributed by atoms with van der Waals surface area (Å²) in [5.74, 6) is -0.575. The van der Waals surface area contributed by atoms with Crippen molar-refractivity contribution in [1.82, 2.24) is 5.32 Å². The first-order chi connectivity index (χ1) is 18.6. The monoisotopic (exact) mass is 558 g/mol. The molecule has 0 fully saturated rings. The number of nitrogens with one attached hydrogen (secondary N) is 1. The lowest BCUT2D eigenvalue weighted by atomic mass is 10.1. The molecule has 0 aliphatic heterocycles. The lowest BCUT2D eigenvalue weighted by molar-refractivity contribution is -0.146. The van der Waals surface area contributed by atoms with Gasteiger partial charge in [-0.25, -0.2) is 9.59 Å².